The number of carbonyl (C=O) groups excluding carboxylic acids is 2. The number of Topliss-reactive ketones (excluding diaryl/α,β-unsaturated/α-hetero) is 1. The molecule has 0 saturated carbocycles. The number of aryl methyl sites for hydroxylation is 1. The van der Waals surface area contributed by atoms with Gasteiger partial charge in [-0.05, 0) is 73.6 Å². The van der Waals surface area contributed by atoms with E-state index in [1.54, 1.807) is 6.07 Å². The molecule has 2 heterocycles. The van der Waals surface area contributed by atoms with E-state index in [0.717, 1.165) is 46.5 Å². The molecule has 1 amide bonds. The largest absolute Gasteiger partial charge is 0.504 e. The normalized spacial score (nSPS) is 15.8. The second kappa shape index (κ2) is 10.0. The van der Waals surface area contributed by atoms with Crippen molar-refractivity contribution in [3.05, 3.63) is 64.5 Å². The molecule has 3 aromatic rings. The maximum absolute atomic E-state index is 13.0. The Balaban J connectivity index is 1.48. The predicted octanol–water partition coefficient (Wildman–Crippen LogP) is 5.01. The van der Waals surface area contributed by atoms with Crippen LogP contribution >= 0.6 is 0 Å². The number of phenolic OH excluding ortho intramolecular Hbond substituents is 2. The number of amides is 1. The lowest BCUT2D eigenvalue weighted by Crippen LogP contribution is -2.11. The molecule has 0 atom stereocenters. The lowest BCUT2D eigenvalue weighted by Gasteiger charge is -2.11. The van der Waals surface area contributed by atoms with Gasteiger partial charge in [-0.2, -0.15) is 0 Å². The van der Waals surface area contributed by atoms with E-state index in [2.05, 4.69) is 10.3 Å². The van der Waals surface area contributed by atoms with Crippen LogP contribution in [0, 0.1) is 0 Å². The highest BCUT2D eigenvalue weighted by Crippen LogP contribution is 2.39. The molecule has 8 heteroatoms. The highest BCUT2D eigenvalue weighted by Gasteiger charge is 2.28. The molecule has 0 saturated heterocycles. The van der Waals surface area contributed by atoms with Crippen molar-refractivity contribution in [2.24, 2.45) is 0 Å². The number of aromatic hydroxyl groups is 2. The number of phenols is 2. The maximum Gasteiger partial charge on any atom is 0.256 e. The standard InChI is InChI=1S/C28H28N2O6/c1-2-35-36-12-4-5-19-23(29-21-6-3-7-25(32)27(19)21)15-20-18-10-8-16(13-22(18)30-28(20)34)17-9-11-24(31)26(33)14-17/h8-11,13-15,29,31,33H,2-7,12H2,1H3,(H,30,34)/b20-15-. The van der Waals surface area contributed by atoms with E-state index < -0.39 is 0 Å². The van der Waals surface area contributed by atoms with Crippen molar-refractivity contribution in [3.63, 3.8) is 0 Å². The van der Waals surface area contributed by atoms with Crippen LogP contribution in [0.5, 0.6) is 11.5 Å². The van der Waals surface area contributed by atoms with Gasteiger partial charge in [-0.25, -0.2) is 9.78 Å². The molecule has 0 bridgehead atoms. The maximum atomic E-state index is 13.0. The lowest BCUT2D eigenvalue weighted by atomic mass is 9.91. The van der Waals surface area contributed by atoms with E-state index in [4.69, 9.17) is 9.78 Å². The summed E-state index contributed by atoms with van der Waals surface area (Å²) in [6.07, 6.45) is 5.28. The number of ketones is 1. The number of rotatable bonds is 8. The van der Waals surface area contributed by atoms with Crippen LogP contribution in [0.4, 0.5) is 5.69 Å². The predicted molar refractivity (Wildman–Crippen MR) is 136 cm³/mol. The zero-order chi connectivity index (χ0) is 25.2. The van der Waals surface area contributed by atoms with Gasteiger partial charge in [0.05, 0.1) is 18.8 Å². The molecule has 2 aliphatic rings. The minimum absolute atomic E-state index is 0.135. The van der Waals surface area contributed by atoms with Gasteiger partial charge in [-0.1, -0.05) is 18.2 Å². The summed E-state index contributed by atoms with van der Waals surface area (Å²) in [4.78, 5) is 39.2. The van der Waals surface area contributed by atoms with Crippen molar-refractivity contribution in [1.29, 1.82) is 0 Å². The monoisotopic (exact) mass is 488 g/mol. The average molecular weight is 489 g/mol. The topological polar surface area (TPSA) is 121 Å². The Hall–Kier alpha value is -3.88. The van der Waals surface area contributed by atoms with Crippen LogP contribution < -0.4 is 5.32 Å². The molecule has 1 aliphatic carbocycles. The zero-order valence-electron chi connectivity index (χ0n) is 20.0. The molecule has 0 fully saturated rings. The number of anilines is 1. The quantitative estimate of drug-likeness (QED) is 0.116. The third-order valence-electron chi connectivity index (χ3n) is 6.58. The zero-order valence-corrected chi connectivity index (χ0v) is 20.0. The smallest absolute Gasteiger partial charge is 0.256 e. The fourth-order valence-electron chi connectivity index (χ4n) is 4.89. The van der Waals surface area contributed by atoms with Crippen LogP contribution in [0.15, 0.2) is 36.4 Å². The molecule has 8 nitrogen and oxygen atoms in total. The molecular formula is C28H28N2O6. The van der Waals surface area contributed by atoms with E-state index in [0.29, 0.717) is 49.3 Å². The summed E-state index contributed by atoms with van der Waals surface area (Å²) in [5.74, 6) is -0.482. The van der Waals surface area contributed by atoms with Crippen LogP contribution in [-0.2, 0) is 27.4 Å². The van der Waals surface area contributed by atoms with Gasteiger partial charge in [0.1, 0.15) is 0 Å². The van der Waals surface area contributed by atoms with Gasteiger partial charge in [-0.15, -0.1) is 0 Å². The first-order chi connectivity index (χ1) is 17.5. The molecular weight excluding hydrogens is 460 g/mol. The number of hydrogen-bond donors (Lipinski definition) is 4. The molecule has 186 valence electrons. The first-order valence-electron chi connectivity index (χ1n) is 12.2. The Bertz CT molecular complexity index is 1370. The summed E-state index contributed by atoms with van der Waals surface area (Å²) >= 11 is 0. The van der Waals surface area contributed by atoms with Gasteiger partial charge in [0.15, 0.2) is 17.3 Å². The Morgan fingerprint density at radius 3 is 2.61 bits per heavy atom. The van der Waals surface area contributed by atoms with Crippen molar-refractivity contribution in [2.75, 3.05) is 18.5 Å². The van der Waals surface area contributed by atoms with Crippen molar-refractivity contribution < 1.29 is 29.6 Å². The number of aromatic nitrogens is 1. The van der Waals surface area contributed by atoms with Crippen LogP contribution in [0.25, 0.3) is 22.8 Å². The number of H-pyrrole nitrogens is 1. The molecule has 4 N–H and O–H groups in total. The summed E-state index contributed by atoms with van der Waals surface area (Å²) in [5.41, 5.74) is 6.82. The Morgan fingerprint density at radius 2 is 1.81 bits per heavy atom. The number of nitrogens with one attached hydrogen (secondary N) is 2. The lowest BCUT2D eigenvalue weighted by molar-refractivity contribution is -0.291. The number of fused-ring (bicyclic) bond motifs is 2. The summed E-state index contributed by atoms with van der Waals surface area (Å²) in [6, 6.07) is 10.2. The summed E-state index contributed by atoms with van der Waals surface area (Å²) in [5, 5.41) is 22.4. The Labute approximate surface area is 208 Å². The molecule has 2 aromatic carbocycles. The van der Waals surface area contributed by atoms with Gasteiger partial charge in [0, 0.05) is 34.6 Å². The number of aromatic amines is 1. The number of benzene rings is 2. The van der Waals surface area contributed by atoms with Crippen LogP contribution in [0.2, 0.25) is 0 Å². The van der Waals surface area contributed by atoms with Crippen LogP contribution in [0.1, 0.15) is 59.1 Å². The van der Waals surface area contributed by atoms with Crippen molar-refractivity contribution in [3.8, 4) is 22.6 Å². The van der Waals surface area contributed by atoms with Crippen molar-refractivity contribution >= 4 is 29.0 Å². The molecule has 1 aromatic heterocycles. The second-order valence-electron chi connectivity index (χ2n) is 8.96. The van der Waals surface area contributed by atoms with E-state index in [1.807, 2.05) is 31.2 Å². The van der Waals surface area contributed by atoms with Gasteiger partial charge >= 0.3 is 0 Å². The van der Waals surface area contributed by atoms with E-state index >= 15 is 0 Å². The SMILES string of the molecule is CCOOCCCc1c(/C=C2\C(=O)Nc3cc(-c4ccc(O)c(O)c4)ccc32)[nH]c2c1C(=O)CCC2. The first-order valence-corrected chi connectivity index (χ1v) is 12.2. The average Bonchev–Trinajstić information content (AvgIpc) is 3.38. The second-order valence-corrected chi connectivity index (χ2v) is 8.96. The third-order valence-corrected chi connectivity index (χ3v) is 6.58. The fourth-order valence-corrected chi connectivity index (χ4v) is 4.89. The number of hydrogen-bond acceptors (Lipinski definition) is 6. The number of carbonyl (C=O) groups is 2. The van der Waals surface area contributed by atoms with Gasteiger partial charge < -0.3 is 20.5 Å². The van der Waals surface area contributed by atoms with E-state index in [-0.39, 0.29) is 23.2 Å². The van der Waals surface area contributed by atoms with Gasteiger partial charge in [-0.3, -0.25) is 9.59 Å². The first kappa shape index (κ1) is 23.8. The Kier molecular flexibility index (Phi) is 6.63. The van der Waals surface area contributed by atoms with Crippen LogP contribution in [-0.4, -0.2) is 40.1 Å². The minimum atomic E-state index is -0.222. The summed E-state index contributed by atoms with van der Waals surface area (Å²) in [7, 11) is 0. The fraction of sp³-hybridized carbons (Fsp3) is 0.286. The Morgan fingerprint density at radius 1 is 1.00 bits per heavy atom. The molecule has 36 heavy (non-hydrogen) atoms. The van der Waals surface area contributed by atoms with Gasteiger partial charge in [0.25, 0.3) is 5.91 Å². The highest BCUT2D eigenvalue weighted by molar-refractivity contribution is 6.35. The summed E-state index contributed by atoms with van der Waals surface area (Å²) < 4.78 is 0. The van der Waals surface area contributed by atoms with Crippen molar-refractivity contribution in [1.82, 2.24) is 4.98 Å². The molecule has 0 spiro atoms. The molecule has 0 radical (unpaired) electrons. The molecule has 0 unspecified atom stereocenters. The summed E-state index contributed by atoms with van der Waals surface area (Å²) in [6.45, 7) is 2.74. The van der Waals surface area contributed by atoms with Gasteiger partial charge in [0.2, 0.25) is 0 Å². The van der Waals surface area contributed by atoms with E-state index in [9.17, 15) is 19.8 Å². The van der Waals surface area contributed by atoms with Crippen molar-refractivity contribution in [2.45, 2.75) is 39.0 Å². The van der Waals surface area contributed by atoms with Crippen LogP contribution in [0.3, 0.4) is 0 Å². The third kappa shape index (κ3) is 4.53. The minimum Gasteiger partial charge on any atom is -0.504 e. The molecule has 5 rings (SSSR count). The molecule has 1 aliphatic heterocycles. The highest BCUT2D eigenvalue weighted by atomic mass is 17.2. The van der Waals surface area contributed by atoms with E-state index in [1.165, 1.54) is 12.1 Å².